The van der Waals surface area contributed by atoms with Crippen LogP contribution in [0.2, 0.25) is 0 Å². The summed E-state index contributed by atoms with van der Waals surface area (Å²) >= 11 is 0. The maximum absolute atomic E-state index is 6.72. The van der Waals surface area contributed by atoms with Crippen LogP contribution in [0.3, 0.4) is 0 Å². The molecule has 0 aliphatic heterocycles. The molecule has 9 rings (SSSR count). The van der Waals surface area contributed by atoms with Gasteiger partial charge in [0.2, 0.25) is 0 Å². The number of rotatable bonds is 6. The van der Waals surface area contributed by atoms with Gasteiger partial charge in [-0.2, -0.15) is 0 Å². The van der Waals surface area contributed by atoms with Crippen LogP contribution in [0.4, 0.5) is 17.1 Å². The van der Waals surface area contributed by atoms with E-state index in [1.54, 1.807) is 0 Å². The monoisotopic (exact) mass is 613 g/mol. The van der Waals surface area contributed by atoms with Gasteiger partial charge in [0.05, 0.1) is 0 Å². The van der Waals surface area contributed by atoms with Crippen LogP contribution < -0.4 is 4.90 Å². The second kappa shape index (κ2) is 11.8. The van der Waals surface area contributed by atoms with Crippen molar-refractivity contribution in [1.82, 2.24) is 0 Å². The van der Waals surface area contributed by atoms with Gasteiger partial charge in [0.15, 0.2) is 0 Å². The molecule has 0 aliphatic rings. The van der Waals surface area contributed by atoms with Crippen molar-refractivity contribution in [3.8, 4) is 33.4 Å². The van der Waals surface area contributed by atoms with Gasteiger partial charge in [-0.25, -0.2) is 0 Å². The highest BCUT2D eigenvalue weighted by molar-refractivity contribution is 6.23. The molecule has 8 aromatic carbocycles. The summed E-state index contributed by atoms with van der Waals surface area (Å²) in [7, 11) is 0. The van der Waals surface area contributed by atoms with E-state index in [9.17, 15) is 0 Å². The van der Waals surface area contributed by atoms with Gasteiger partial charge < -0.3 is 9.32 Å². The second-order valence-corrected chi connectivity index (χ2v) is 12.2. The van der Waals surface area contributed by atoms with Crippen LogP contribution in [0.1, 0.15) is 0 Å². The third kappa shape index (κ3) is 4.92. The summed E-state index contributed by atoms with van der Waals surface area (Å²) < 4.78 is 6.72. The molecule has 9 aromatic rings. The fourth-order valence-electron chi connectivity index (χ4n) is 6.92. The first-order chi connectivity index (χ1) is 23.8. The highest BCUT2D eigenvalue weighted by Gasteiger charge is 2.20. The fraction of sp³-hybridized carbons (Fsp3) is 0. The average molecular weight is 614 g/mol. The number of nitrogens with zero attached hydrogens (tertiary/aromatic N) is 1. The Morgan fingerprint density at radius 1 is 0.354 bits per heavy atom. The lowest BCUT2D eigenvalue weighted by Gasteiger charge is -2.26. The summed E-state index contributed by atoms with van der Waals surface area (Å²) in [6, 6.07) is 66.8. The van der Waals surface area contributed by atoms with Crippen molar-refractivity contribution in [1.29, 1.82) is 0 Å². The third-order valence-electron chi connectivity index (χ3n) is 9.23. The van der Waals surface area contributed by atoms with Crippen molar-refractivity contribution in [2.24, 2.45) is 0 Å². The predicted molar refractivity (Wildman–Crippen MR) is 202 cm³/mol. The number of anilines is 3. The number of fused-ring (bicyclic) bond motifs is 5. The summed E-state index contributed by atoms with van der Waals surface area (Å²) in [4.78, 5) is 2.35. The van der Waals surface area contributed by atoms with Crippen molar-refractivity contribution < 1.29 is 4.42 Å². The zero-order valence-corrected chi connectivity index (χ0v) is 26.3. The molecule has 0 saturated heterocycles. The van der Waals surface area contributed by atoms with Crippen molar-refractivity contribution in [3.63, 3.8) is 0 Å². The van der Waals surface area contributed by atoms with E-state index in [2.05, 4.69) is 193 Å². The lowest BCUT2D eigenvalue weighted by atomic mass is 9.96. The quantitative estimate of drug-likeness (QED) is 0.185. The predicted octanol–water partition coefficient (Wildman–Crippen LogP) is 13.2. The average Bonchev–Trinajstić information content (AvgIpc) is 3.55. The molecule has 0 amide bonds. The summed E-state index contributed by atoms with van der Waals surface area (Å²) in [6.07, 6.45) is 0. The number of hydrogen-bond acceptors (Lipinski definition) is 2. The van der Waals surface area contributed by atoms with Crippen molar-refractivity contribution in [2.75, 3.05) is 4.90 Å². The number of furan rings is 1. The molecule has 0 spiro atoms. The van der Waals surface area contributed by atoms with Crippen LogP contribution in [0, 0.1) is 0 Å². The highest BCUT2D eigenvalue weighted by atomic mass is 16.3. The minimum absolute atomic E-state index is 0.875. The molecule has 48 heavy (non-hydrogen) atoms. The van der Waals surface area contributed by atoms with E-state index in [0.717, 1.165) is 50.1 Å². The van der Waals surface area contributed by atoms with E-state index >= 15 is 0 Å². The van der Waals surface area contributed by atoms with Crippen LogP contribution in [0.5, 0.6) is 0 Å². The van der Waals surface area contributed by atoms with Crippen molar-refractivity contribution in [2.45, 2.75) is 0 Å². The molecule has 0 fully saturated rings. The van der Waals surface area contributed by atoms with Gasteiger partial charge in [-0.15, -0.1) is 0 Å². The first-order valence-electron chi connectivity index (χ1n) is 16.3. The zero-order chi connectivity index (χ0) is 31.9. The Balaban J connectivity index is 1.26. The molecular weight excluding hydrogens is 583 g/mol. The zero-order valence-electron chi connectivity index (χ0n) is 26.3. The molecule has 0 atom stereocenters. The van der Waals surface area contributed by atoms with Gasteiger partial charge >= 0.3 is 0 Å². The Morgan fingerprint density at radius 2 is 0.917 bits per heavy atom. The first-order valence-corrected chi connectivity index (χ1v) is 16.3. The Kier molecular flexibility index (Phi) is 6.84. The Morgan fingerprint density at radius 3 is 1.65 bits per heavy atom. The molecule has 0 bridgehead atoms. The van der Waals surface area contributed by atoms with E-state index in [-0.39, 0.29) is 0 Å². The molecule has 0 saturated carbocycles. The summed E-state index contributed by atoms with van der Waals surface area (Å²) in [6.45, 7) is 0. The molecule has 1 heterocycles. The summed E-state index contributed by atoms with van der Waals surface area (Å²) in [5.74, 6) is 0. The molecule has 2 heteroatoms. The molecule has 226 valence electrons. The molecule has 0 aliphatic carbocycles. The lowest BCUT2D eigenvalue weighted by molar-refractivity contribution is 0.670. The van der Waals surface area contributed by atoms with E-state index in [0.29, 0.717) is 0 Å². The van der Waals surface area contributed by atoms with Crippen LogP contribution >= 0.6 is 0 Å². The summed E-state index contributed by atoms with van der Waals surface area (Å²) in [5.41, 5.74) is 12.0. The SMILES string of the molecule is c1ccc(-c2ccc(N(c3cccc(-c4ccccc4)c3)c3ccc4oc5c(-c6ccccc6)cc6ccccc6c5c4c3)cc2)cc1. The largest absolute Gasteiger partial charge is 0.455 e. The minimum atomic E-state index is 0.875. The standard InChI is InChI=1S/C46H31NO/c1-4-13-32(14-5-1)34-23-25-38(26-24-34)47(39-21-12-20-36(29-39)33-15-6-2-7-16-33)40-27-28-44-43(31-40)45-41-22-11-10-19-37(41)30-42(46(45)48-44)35-17-8-3-9-18-35/h1-31H. The maximum atomic E-state index is 6.72. The van der Waals surface area contributed by atoms with Gasteiger partial charge in [0, 0.05) is 33.4 Å². The third-order valence-corrected chi connectivity index (χ3v) is 9.23. The van der Waals surface area contributed by atoms with Crippen LogP contribution in [0.25, 0.3) is 66.1 Å². The Hall–Kier alpha value is -6.38. The summed E-state index contributed by atoms with van der Waals surface area (Å²) in [5, 5.41) is 4.62. The van der Waals surface area contributed by atoms with Crippen LogP contribution in [-0.2, 0) is 0 Å². The Bertz CT molecular complexity index is 2530. The highest BCUT2D eigenvalue weighted by Crippen LogP contribution is 2.44. The molecule has 2 nitrogen and oxygen atoms in total. The van der Waals surface area contributed by atoms with Gasteiger partial charge in [0.1, 0.15) is 11.2 Å². The van der Waals surface area contributed by atoms with E-state index in [4.69, 9.17) is 4.42 Å². The van der Waals surface area contributed by atoms with Gasteiger partial charge in [-0.3, -0.25) is 0 Å². The van der Waals surface area contributed by atoms with Crippen LogP contribution in [-0.4, -0.2) is 0 Å². The normalized spacial score (nSPS) is 11.3. The molecule has 0 N–H and O–H groups in total. The molecular formula is C46H31NO. The molecule has 0 unspecified atom stereocenters. The number of benzene rings is 8. The second-order valence-electron chi connectivity index (χ2n) is 12.2. The van der Waals surface area contributed by atoms with Gasteiger partial charge in [-0.1, -0.05) is 140 Å². The maximum Gasteiger partial charge on any atom is 0.143 e. The van der Waals surface area contributed by atoms with Gasteiger partial charge in [-0.05, 0) is 87.1 Å². The fourth-order valence-corrected chi connectivity index (χ4v) is 6.92. The van der Waals surface area contributed by atoms with Crippen molar-refractivity contribution in [3.05, 3.63) is 188 Å². The smallest absolute Gasteiger partial charge is 0.143 e. The van der Waals surface area contributed by atoms with E-state index in [1.165, 1.54) is 33.0 Å². The van der Waals surface area contributed by atoms with Crippen LogP contribution in [0.15, 0.2) is 192 Å². The molecule has 0 radical (unpaired) electrons. The molecule has 1 aromatic heterocycles. The first kappa shape index (κ1) is 27.9. The lowest BCUT2D eigenvalue weighted by Crippen LogP contribution is -2.10. The Labute approximate surface area is 279 Å². The topological polar surface area (TPSA) is 16.4 Å². The van der Waals surface area contributed by atoms with E-state index in [1.807, 2.05) is 0 Å². The van der Waals surface area contributed by atoms with Crippen molar-refractivity contribution >= 4 is 49.8 Å². The van der Waals surface area contributed by atoms with Gasteiger partial charge in [0.25, 0.3) is 0 Å². The number of hydrogen-bond donors (Lipinski definition) is 0. The van der Waals surface area contributed by atoms with E-state index < -0.39 is 0 Å². The minimum Gasteiger partial charge on any atom is -0.455 e.